The zero-order valence-corrected chi connectivity index (χ0v) is 33.8. The Balaban J connectivity index is 0.00000406. The highest BCUT2D eigenvalue weighted by Crippen LogP contribution is 2.34. The van der Waals surface area contributed by atoms with Gasteiger partial charge in [0.2, 0.25) is 11.8 Å². The van der Waals surface area contributed by atoms with E-state index in [4.69, 9.17) is 9.47 Å². The number of carbonyl (C=O) groups excluding carboxylic acids is 4. The number of benzene rings is 1. The number of alkyl carbamates (subject to hydrolysis) is 2. The summed E-state index contributed by atoms with van der Waals surface area (Å²) in [5.74, 6) is 12.8. The molecule has 0 aliphatic carbocycles. The maximum absolute atomic E-state index is 13.5. The summed E-state index contributed by atoms with van der Waals surface area (Å²) in [5, 5.41) is 5.34. The van der Waals surface area contributed by atoms with Crippen molar-refractivity contribution in [1.29, 1.82) is 0 Å². The van der Waals surface area contributed by atoms with E-state index < -0.39 is 24.3 Å². The van der Waals surface area contributed by atoms with E-state index in [9.17, 15) is 19.2 Å². The van der Waals surface area contributed by atoms with E-state index >= 15 is 0 Å². The Morgan fingerprint density at radius 2 is 1.29 bits per heavy atom. The molecule has 0 radical (unpaired) electrons. The van der Waals surface area contributed by atoms with Gasteiger partial charge in [0.05, 0.1) is 44.4 Å². The number of carbonyl (C=O) groups is 4. The van der Waals surface area contributed by atoms with Gasteiger partial charge in [-0.1, -0.05) is 39.7 Å². The van der Waals surface area contributed by atoms with Crippen molar-refractivity contribution in [3.63, 3.8) is 0 Å². The first kappa shape index (κ1) is 44.2. The van der Waals surface area contributed by atoms with Crippen molar-refractivity contribution >= 4 is 48.8 Å². The smallest absolute Gasteiger partial charge is 0.407 e. The molecule has 5 rings (SSSR count). The fourth-order valence-electron chi connectivity index (χ4n) is 6.78. The SMILES string of the molecule is COC(=O)NC(C(=O)N1CCCC1c1ncc(-c2ccc(C#CC#Cc3cnc(C4CCCN4C(=O)[C@@H](NC(=O)OC)C(C)C)[nH]3)c(C)c2)[nH]1)C(C)C.Cl.Cl. The molecule has 2 fully saturated rings. The van der Waals surface area contributed by atoms with Crippen molar-refractivity contribution < 1.29 is 28.7 Å². The standard InChI is InChI=1S/C39H48N8O6.2ClH/c1-23(2)32(44-38(50)52-6)36(48)46-18-10-14-30(46)34-40-21-28(42-34)13-9-8-12-26-16-17-27(20-25(26)5)29-22-41-35(43-29)31-15-11-19-47(31)37(49)33(24(3)4)45-39(51)53-7;;/h16-17,20-24,30-33H,10-11,14-15,18-19H2,1-7H3,(H,40,42)(H,41,43)(H,44,50)(H,45,51);2*1H/t30?,31?,32-,33?;;/m0../s1. The van der Waals surface area contributed by atoms with E-state index in [1.807, 2.05) is 52.8 Å². The Morgan fingerprint density at radius 3 is 1.80 bits per heavy atom. The first-order valence-electron chi connectivity index (χ1n) is 17.9. The van der Waals surface area contributed by atoms with Gasteiger partial charge in [0.15, 0.2) is 0 Å². The molecule has 1 aromatic carbocycles. The summed E-state index contributed by atoms with van der Waals surface area (Å²) in [4.78, 5) is 70.0. The Morgan fingerprint density at radius 1 is 0.782 bits per heavy atom. The predicted molar refractivity (Wildman–Crippen MR) is 211 cm³/mol. The lowest BCUT2D eigenvalue weighted by Crippen LogP contribution is -2.51. The summed E-state index contributed by atoms with van der Waals surface area (Å²) in [6.45, 7) is 10.7. The number of hydrogen-bond donors (Lipinski definition) is 4. The molecule has 16 heteroatoms. The molecule has 14 nitrogen and oxygen atoms in total. The molecule has 2 saturated heterocycles. The largest absolute Gasteiger partial charge is 0.453 e. The van der Waals surface area contributed by atoms with Crippen LogP contribution in [0.3, 0.4) is 0 Å². The van der Waals surface area contributed by atoms with Gasteiger partial charge in [-0.3, -0.25) is 9.59 Å². The van der Waals surface area contributed by atoms with Gasteiger partial charge in [0, 0.05) is 18.7 Å². The van der Waals surface area contributed by atoms with Crippen LogP contribution in [0, 0.1) is 42.4 Å². The van der Waals surface area contributed by atoms with Crippen LogP contribution in [0.15, 0.2) is 30.6 Å². The molecule has 4 N–H and O–H groups in total. The van der Waals surface area contributed by atoms with E-state index in [2.05, 4.69) is 54.3 Å². The number of aryl methyl sites for hydroxylation is 1. The monoisotopic (exact) mass is 796 g/mol. The minimum absolute atomic E-state index is 0. The second-order valence-corrected chi connectivity index (χ2v) is 14.0. The zero-order chi connectivity index (χ0) is 38.2. The Hall–Kier alpha value is -5.18. The van der Waals surface area contributed by atoms with Crippen molar-refractivity contribution in [3.8, 4) is 34.9 Å². The van der Waals surface area contributed by atoms with Gasteiger partial charge in [0.25, 0.3) is 0 Å². The minimum Gasteiger partial charge on any atom is -0.453 e. The lowest BCUT2D eigenvalue weighted by molar-refractivity contribution is -0.136. The maximum Gasteiger partial charge on any atom is 0.407 e. The minimum atomic E-state index is -0.705. The topological polar surface area (TPSA) is 175 Å². The number of H-pyrrole nitrogens is 2. The van der Waals surface area contributed by atoms with Crippen molar-refractivity contribution in [2.45, 2.75) is 84.5 Å². The molecule has 2 aliphatic rings. The molecule has 2 aliphatic heterocycles. The maximum atomic E-state index is 13.5. The molecular weight excluding hydrogens is 747 g/mol. The highest BCUT2D eigenvalue weighted by atomic mass is 35.5. The van der Waals surface area contributed by atoms with Crippen molar-refractivity contribution in [3.05, 3.63) is 59.1 Å². The van der Waals surface area contributed by atoms with Crippen LogP contribution in [-0.2, 0) is 19.1 Å². The Bertz CT molecular complexity index is 1950. The molecule has 0 bridgehead atoms. The summed E-state index contributed by atoms with van der Waals surface area (Å²) in [5.41, 5.74) is 4.15. The average molecular weight is 798 g/mol. The third kappa shape index (κ3) is 10.5. The quantitative estimate of drug-likeness (QED) is 0.207. The number of likely N-dealkylation sites (tertiary alicyclic amines) is 2. The van der Waals surface area contributed by atoms with Crippen LogP contribution in [0.1, 0.15) is 93.9 Å². The van der Waals surface area contributed by atoms with Crippen LogP contribution in [0.4, 0.5) is 9.59 Å². The van der Waals surface area contributed by atoms with Gasteiger partial charge in [-0.2, -0.15) is 0 Å². The zero-order valence-electron chi connectivity index (χ0n) is 32.1. The Kier molecular flexibility index (Phi) is 16.0. The number of methoxy groups -OCH3 is 2. The highest BCUT2D eigenvalue weighted by Gasteiger charge is 2.39. The number of aromatic nitrogens is 4. The van der Waals surface area contributed by atoms with E-state index in [-0.39, 0.29) is 60.5 Å². The van der Waals surface area contributed by atoms with E-state index in [0.717, 1.165) is 48.1 Å². The lowest BCUT2D eigenvalue weighted by Gasteiger charge is -2.30. The number of aromatic amines is 2. The molecule has 3 aromatic rings. The number of nitrogens with one attached hydrogen (secondary N) is 4. The highest BCUT2D eigenvalue weighted by molar-refractivity contribution is 5.87. The van der Waals surface area contributed by atoms with Crippen molar-refractivity contribution in [2.75, 3.05) is 27.3 Å². The van der Waals surface area contributed by atoms with Gasteiger partial charge in [-0.15, -0.1) is 24.8 Å². The molecule has 55 heavy (non-hydrogen) atoms. The van der Waals surface area contributed by atoms with Crippen molar-refractivity contribution in [1.82, 2.24) is 40.4 Å². The van der Waals surface area contributed by atoms with Gasteiger partial charge < -0.3 is 39.9 Å². The second-order valence-electron chi connectivity index (χ2n) is 14.0. The first-order chi connectivity index (χ1) is 25.4. The molecule has 0 saturated carbocycles. The van der Waals surface area contributed by atoms with Crippen LogP contribution in [-0.4, -0.2) is 93.1 Å². The molecule has 2 aromatic heterocycles. The fraction of sp³-hybridized carbons (Fsp3) is 0.487. The van der Waals surface area contributed by atoms with Crippen LogP contribution >= 0.6 is 24.8 Å². The summed E-state index contributed by atoms with van der Waals surface area (Å²) in [6.07, 6.45) is 5.31. The molecular formula is C39H50Cl2N8O6. The molecule has 296 valence electrons. The lowest BCUT2D eigenvalue weighted by atomic mass is 10.0. The Labute approximate surface area is 334 Å². The number of nitrogens with zero attached hydrogens (tertiary/aromatic N) is 4. The van der Waals surface area contributed by atoms with E-state index in [0.29, 0.717) is 30.4 Å². The first-order valence-corrected chi connectivity index (χ1v) is 17.9. The van der Waals surface area contributed by atoms with Crippen LogP contribution in [0.25, 0.3) is 11.3 Å². The van der Waals surface area contributed by atoms with Crippen LogP contribution in [0.5, 0.6) is 0 Å². The second kappa shape index (κ2) is 19.9. The third-order valence-electron chi connectivity index (χ3n) is 9.67. The molecule has 4 amide bonds. The molecule has 0 spiro atoms. The van der Waals surface area contributed by atoms with E-state index in [1.54, 1.807) is 22.2 Å². The van der Waals surface area contributed by atoms with E-state index in [1.165, 1.54) is 14.2 Å². The number of halogens is 2. The number of ether oxygens (including phenoxy) is 2. The average Bonchev–Trinajstić information content (AvgIpc) is 3.97. The number of amides is 4. The number of imidazole rings is 2. The summed E-state index contributed by atoms with van der Waals surface area (Å²) < 4.78 is 9.46. The van der Waals surface area contributed by atoms with Gasteiger partial charge in [-0.25, -0.2) is 19.6 Å². The number of rotatable bonds is 9. The van der Waals surface area contributed by atoms with Gasteiger partial charge >= 0.3 is 12.2 Å². The van der Waals surface area contributed by atoms with Crippen LogP contribution < -0.4 is 10.6 Å². The van der Waals surface area contributed by atoms with Crippen LogP contribution in [0.2, 0.25) is 0 Å². The summed E-state index contributed by atoms with van der Waals surface area (Å²) in [7, 11) is 2.56. The fourth-order valence-corrected chi connectivity index (χ4v) is 6.78. The molecule has 4 heterocycles. The molecule has 3 unspecified atom stereocenters. The van der Waals surface area contributed by atoms with Gasteiger partial charge in [0.1, 0.15) is 29.4 Å². The third-order valence-corrected chi connectivity index (χ3v) is 9.67. The normalized spacial score (nSPS) is 17.1. The summed E-state index contributed by atoms with van der Waals surface area (Å²) >= 11 is 0. The molecule has 4 atom stereocenters. The number of hydrogen-bond acceptors (Lipinski definition) is 8. The van der Waals surface area contributed by atoms with Gasteiger partial charge in [-0.05, 0) is 85.5 Å². The summed E-state index contributed by atoms with van der Waals surface area (Å²) in [6, 6.07) is 4.07. The van der Waals surface area contributed by atoms with Crippen molar-refractivity contribution in [2.24, 2.45) is 11.8 Å². The predicted octanol–water partition coefficient (Wildman–Crippen LogP) is 5.44.